The summed E-state index contributed by atoms with van der Waals surface area (Å²) < 4.78 is 20.0. The zero-order chi connectivity index (χ0) is 19.3. The van der Waals surface area contributed by atoms with Crippen molar-refractivity contribution in [3.8, 4) is 5.69 Å². The molecule has 0 saturated heterocycles. The lowest BCUT2D eigenvalue weighted by Gasteiger charge is -2.10. The van der Waals surface area contributed by atoms with Gasteiger partial charge in [0.1, 0.15) is 11.6 Å². The van der Waals surface area contributed by atoms with Gasteiger partial charge in [-0.15, -0.1) is 0 Å². The van der Waals surface area contributed by atoms with E-state index in [9.17, 15) is 9.18 Å². The van der Waals surface area contributed by atoms with E-state index in [0.717, 1.165) is 18.5 Å². The van der Waals surface area contributed by atoms with Gasteiger partial charge in [-0.3, -0.25) is 4.79 Å². The van der Waals surface area contributed by atoms with Crippen LogP contribution in [0.3, 0.4) is 0 Å². The van der Waals surface area contributed by atoms with E-state index in [-0.39, 0.29) is 11.7 Å². The molecule has 0 unspecified atom stereocenters. The van der Waals surface area contributed by atoms with Crippen LogP contribution in [0.4, 0.5) is 10.2 Å². The standard InChI is InChI=1S/C20H16FN5O2/c1-11-18-15(10-16(12-2-3-12)23-20(18)28-25-11)19(27)24-17-8-9-22-26(17)14-6-4-13(21)5-7-14/h4-10,12H,2-3H2,1H3,(H,24,27). The van der Waals surface area contributed by atoms with Crippen LogP contribution in [-0.2, 0) is 0 Å². The molecular weight excluding hydrogens is 361 g/mol. The first-order valence-electron chi connectivity index (χ1n) is 8.98. The Kier molecular flexibility index (Phi) is 3.71. The van der Waals surface area contributed by atoms with Crippen molar-refractivity contribution in [2.45, 2.75) is 25.7 Å². The van der Waals surface area contributed by atoms with E-state index >= 15 is 0 Å². The van der Waals surface area contributed by atoms with Crippen LogP contribution in [0.25, 0.3) is 16.8 Å². The number of benzene rings is 1. The van der Waals surface area contributed by atoms with E-state index in [2.05, 4.69) is 20.6 Å². The third-order valence-corrected chi connectivity index (χ3v) is 4.83. The number of hydrogen-bond donors (Lipinski definition) is 1. The molecule has 0 aliphatic heterocycles. The van der Waals surface area contributed by atoms with Gasteiger partial charge in [0.05, 0.1) is 28.5 Å². The van der Waals surface area contributed by atoms with Crippen LogP contribution in [0.1, 0.15) is 40.5 Å². The van der Waals surface area contributed by atoms with Crippen LogP contribution >= 0.6 is 0 Å². The molecule has 0 bridgehead atoms. The van der Waals surface area contributed by atoms with Crippen molar-refractivity contribution in [2.75, 3.05) is 5.32 Å². The lowest BCUT2D eigenvalue weighted by atomic mass is 10.1. The number of carbonyl (C=O) groups is 1. The number of fused-ring (bicyclic) bond motifs is 1. The summed E-state index contributed by atoms with van der Waals surface area (Å²) in [5.41, 5.74) is 2.95. The summed E-state index contributed by atoms with van der Waals surface area (Å²) in [5.74, 6) is 0.204. The van der Waals surface area contributed by atoms with Crippen molar-refractivity contribution < 1.29 is 13.7 Å². The zero-order valence-electron chi connectivity index (χ0n) is 15.0. The number of carbonyl (C=O) groups excluding carboxylic acids is 1. The Morgan fingerprint density at radius 2 is 2.04 bits per heavy atom. The number of nitrogens with zero attached hydrogens (tertiary/aromatic N) is 4. The molecule has 3 heterocycles. The Morgan fingerprint density at radius 1 is 1.25 bits per heavy atom. The zero-order valence-corrected chi connectivity index (χ0v) is 15.0. The van der Waals surface area contributed by atoms with E-state index in [1.165, 1.54) is 16.8 Å². The molecule has 28 heavy (non-hydrogen) atoms. The molecule has 4 aromatic rings. The van der Waals surface area contributed by atoms with Crippen LogP contribution in [0, 0.1) is 12.7 Å². The van der Waals surface area contributed by atoms with Gasteiger partial charge < -0.3 is 9.84 Å². The summed E-state index contributed by atoms with van der Waals surface area (Å²) in [6.07, 6.45) is 3.69. The average Bonchev–Trinajstić information content (AvgIpc) is 3.35. The Morgan fingerprint density at radius 3 is 2.79 bits per heavy atom. The topological polar surface area (TPSA) is 85.8 Å². The van der Waals surface area contributed by atoms with Crippen LogP contribution in [0.5, 0.6) is 0 Å². The van der Waals surface area contributed by atoms with Crippen LogP contribution < -0.4 is 5.32 Å². The maximum atomic E-state index is 13.2. The summed E-state index contributed by atoms with van der Waals surface area (Å²) in [7, 11) is 0. The molecule has 5 rings (SSSR count). The van der Waals surface area contributed by atoms with E-state index < -0.39 is 0 Å². The highest BCUT2D eigenvalue weighted by atomic mass is 19.1. The number of amides is 1. The van der Waals surface area contributed by atoms with Crippen LogP contribution in [0.2, 0.25) is 0 Å². The van der Waals surface area contributed by atoms with Gasteiger partial charge in [-0.1, -0.05) is 5.16 Å². The molecule has 1 fully saturated rings. The second-order valence-corrected chi connectivity index (χ2v) is 6.88. The minimum absolute atomic E-state index is 0.301. The van der Waals surface area contributed by atoms with Crippen molar-refractivity contribution in [3.63, 3.8) is 0 Å². The van der Waals surface area contributed by atoms with E-state index in [1.54, 1.807) is 31.3 Å². The number of pyridine rings is 1. The molecular formula is C20H16FN5O2. The fourth-order valence-corrected chi connectivity index (χ4v) is 3.25. The van der Waals surface area contributed by atoms with Gasteiger partial charge in [-0.05, 0) is 50.1 Å². The Bertz CT molecular complexity index is 1190. The smallest absolute Gasteiger partial charge is 0.259 e. The molecule has 1 aliphatic rings. The quantitative estimate of drug-likeness (QED) is 0.581. The number of anilines is 1. The Balaban J connectivity index is 1.52. The van der Waals surface area contributed by atoms with Gasteiger partial charge in [0.2, 0.25) is 0 Å². The fraction of sp³-hybridized carbons (Fsp3) is 0.200. The molecule has 0 radical (unpaired) electrons. The third kappa shape index (κ3) is 2.83. The third-order valence-electron chi connectivity index (χ3n) is 4.83. The maximum Gasteiger partial charge on any atom is 0.259 e. The molecule has 3 aromatic heterocycles. The Hall–Kier alpha value is -3.55. The normalized spacial score (nSPS) is 13.8. The monoisotopic (exact) mass is 377 g/mol. The van der Waals surface area contributed by atoms with Gasteiger partial charge >= 0.3 is 0 Å². The number of hydrogen-bond acceptors (Lipinski definition) is 5. The van der Waals surface area contributed by atoms with Crippen molar-refractivity contribution in [2.24, 2.45) is 0 Å². The molecule has 1 N–H and O–H groups in total. The average molecular weight is 377 g/mol. The van der Waals surface area contributed by atoms with Gasteiger partial charge in [-0.2, -0.15) is 5.10 Å². The molecule has 1 aromatic carbocycles. The first-order valence-corrected chi connectivity index (χ1v) is 8.98. The van der Waals surface area contributed by atoms with Gasteiger partial charge in [0, 0.05) is 17.7 Å². The highest BCUT2D eigenvalue weighted by molar-refractivity contribution is 6.12. The number of halogens is 1. The second-order valence-electron chi connectivity index (χ2n) is 6.88. The molecule has 7 nitrogen and oxygen atoms in total. The van der Waals surface area contributed by atoms with Crippen molar-refractivity contribution in [3.05, 3.63) is 65.4 Å². The number of rotatable bonds is 4. The largest absolute Gasteiger partial charge is 0.336 e. The highest BCUT2D eigenvalue weighted by Crippen LogP contribution is 2.40. The van der Waals surface area contributed by atoms with E-state index in [0.29, 0.717) is 39.8 Å². The molecule has 0 atom stereocenters. The first kappa shape index (κ1) is 16.6. The highest BCUT2D eigenvalue weighted by Gasteiger charge is 2.28. The maximum absolute atomic E-state index is 13.2. The van der Waals surface area contributed by atoms with Crippen molar-refractivity contribution in [1.29, 1.82) is 0 Å². The van der Waals surface area contributed by atoms with Crippen molar-refractivity contribution >= 4 is 22.8 Å². The predicted molar refractivity (Wildman–Crippen MR) is 100.0 cm³/mol. The summed E-state index contributed by atoms with van der Waals surface area (Å²) in [5, 5.41) is 11.7. The summed E-state index contributed by atoms with van der Waals surface area (Å²) >= 11 is 0. The molecule has 8 heteroatoms. The molecule has 0 spiro atoms. The van der Waals surface area contributed by atoms with E-state index in [4.69, 9.17) is 4.52 Å². The van der Waals surface area contributed by atoms with E-state index in [1.807, 2.05) is 6.07 Å². The molecule has 1 aliphatic carbocycles. The summed E-state index contributed by atoms with van der Waals surface area (Å²) in [6, 6.07) is 9.38. The van der Waals surface area contributed by atoms with Gasteiger partial charge in [-0.25, -0.2) is 14.1 Å². The predicted octanol–water partition coefficient (Wildman–Crippen LogP) is 3.99. The second kappa shape index (κ2) is 6.26. The molecule has 1 saturated carbocycles. The lowest BCUT2D eigenvalue weighted by Crippen LogP contribution is -2.16. The van der Waals surface area contributed by atoms with Crippen molar-refractivity contribution in [1.82, 2.24) is 19.9 Å². The van der Waals surface area contributed by atoms with Crippen LogP contribution in [-0.4, -0.2) is 25.8 Å². The first-order chi connectivity index (χ1) is 13.6. The summed E-state index contributed by atoms with van der Waals surface area (Å²) in [4.78, 5) is 17.6. The number of aryl methyl sites for hydroxylation is 1. The van der Waals surface area contributed by atoms with Crippen LogP contribution in [0.15, 0.2) is 47.1 Å². The minimum atomic E-state index is -0.337. The minimum Gasteiger partial charge on any atom is -0.336 e. The van der Waals surface area contributed by atoms with Gasteiger partial charge in [0.15, 0.2) is 0 Å². The summed E-state index contributed by atoms with van der Waals surface area (Å²) in [6.45, 7) is 1.78. The number of aromatic nitrogens is 4. The SMILES string of the molecule is Cc1noc2nc(C3CC3)cc(C(=O)Nc3ccnn3-c3ccc(F)cc3)c12. The lowest BCUT2D eigenvalue weighted by molar-refractivity contribution is 0.102. The van der Waals surface area contributed by atoms with Gasteiger partial charge in [0.25, 0.3) is 11.6 Å². The molecule has 1 amide bonds. The number of nitrogens with one attached hydrogen (secondary N) is 1. The Labute approximate surface area is 159 Å². The fourth-order valence-electron chi connectivity index (χ4n) is 3.25. The molecule has 140 valence electrons.